The van der Waals surface area contributed by atoms with Crippen LogP contribution < -0.4 is 16.6 Å². The molecule has 0 saturated carbocycles. The molecule has 0 atom stereocenters. The lowest BCUT2D eigenvalue weighted by atomic mass is 10.2. The van der Waals surface area contributed by atoms with Crippen molar-refractivity contribution >= 4 is 17.3 Å². The summed E-state index contributed by atoms with van der Waals surface area (Å²) in [5.74, 6) is -0.437. The summed E-state index contributed by atoms with van der Waals surface area (Å²) in [4.78, 5) is 46.0. The predicted molar refractivity (Wildman–Crippen MR) is 75.5 cm³/mol. The summed E-state index contributed by atoms with van der Waals surface area (Å²) in [7, 11) is 0. The highest BCUT2D eigenvalue weighted by Gasteiger charge is 2.10. The SMILES string of the molecule is O=C(CCc1n[nH]c(=O)[nH]c1=O)Nc1cccc([N+](=O)[O-])c1. The van der Waals surface area contributed by atoms with E-state index in [-0.39, 0.29) is 29.9 Å². The number of aromatic amines is 2. The third-order valence-electron chi connectivity index (χ3n) is 2.71. The molecule has 0 aliphatic rings. The highest BCUT2D eigenvalue weighted by molar-refractivity contribution is 5.91. The summed E-state index contributed by atoms with van der Waals surface area (Å²) >= 11 is 0. The Morgan fingerprint density at radius 1 is 1.36 bits per heavy atom. The van der Waals surface area contributed by atoms with Gasteiger partial charge >= 0.3 is 5.69 Å². The second kappa shape index (κ2) is 6.43. The zero-order valence-electron chi connectivity index (χ0n) is 11.2. The largest absolute Gasteiger partial charge is 0.342 e. The minimum atomic E-state index is -0.727. The Labute approximate surface area is 122 Å². The van der Waals surface area contributed by atoms with Crippen molar-refractivity contribution in [2.75, 3.05) is 5.32 Å². The molecule has 0 bridgehead atoms. The molecule has 2 aromatic rings. The molecule has 1 aromatic heterocycles. The number of nitro benzene ring substituents is 1. The van der Waals surface area contributed by atoms with Gasteiger partial charge in [0.25, 0.3) is 11.2 Å². The minimum absolute atomic E-state index is 0.0207. The van der Waals surface area contributed by atoms with Gasteiger partial charge in [-0.15, -0.1) is 0 Å². The van der Waals surface area contributed by atoms with E-state index in [0.717, 1.165) is 0 Å². The third kappa shape index (κ3) is 3.85. The number of aromatic nitrogens is 3. The van der Waals surface area contributed by atoms with Gasteiger partial charge in [-0.05, 0) is 6.07 Å². The van der Waals surface area contributed by atoms with E-state index in [1.807, 2.05) is 4.98 Å². The van der Waals surface area contributed by atoms with Gasteiger partial charge in [0, 0.05) is 30.7 Å². The molecule has 1 amide bonds. The molecule has 0 aliphatic carbocycles. The first kappa shape index (κ1) is 15.1. The van der Waals surface area contributed by atoms with Crippen LogP contribution in [0.25, 0.3) is 0 Å². The van der Waals surface area contributed by atoms with Crippen LogP contribution >= 0.6 is 0 Å². The number of amides is 1. The highest BCUT2D eigenvalue weighted by atomic mass is 16.6. The van der Waals surface area contributed by atoms with Crippen molar-refractivity contribution in [2.24, 2.45) is 0 Å². The minimum Gasteiger partial charge on any atom is -0.326 e. The lowest BCUT2D eigenvalue weighted by molar-refractivity contribution is -0.384. The number of hydrogen-bond donors (Lipinski definition) is 3. The van der Waals surface area contributed by atoms with Crippen molar-refractivity contribution in [3.8, 4) is 0 Å². The van der Waals surface area contributed by atoms with E-state index >= 15 is 0 Å². The first-order chi connectivity index (χ1) is 10.5. The van der Waals surface area contributed by atoms with E-state index in [1.54, 1.807) is 0 Å². The summed E-state index contributed by atoms with van der Waals surface area (Å²) in [6, 6.07) is 5.49. The molecule has 10 heteroatoms. The van der Waals surface area contributed by atoms with Gasteiger partial charge in [-0.1, -0.05) is 6.07 Å². The average molecular weight is 305 g/mol. The smallest absolute Gasteiger partial charge is 0.326 e. The zero-order valence-corrected chi connectivity index (χ0v) is 11.2. The van der Waals surface area contributed by atoms with Crippen LogP contribution in [0, 0.1) is 10.1 Å². The summed E-state index contributed by atoms with van der Waals surface area (Å²) in [6.07, 6.45) is -0.0440. The van der Waals surface area contributed by atoms with Gasteiger partial charge in [0.05, 0.1) is 4.92 Å². The maximum absolute atomic E-state index is 11.8. The second-order valence-electron chi connectivity index (χ2n) is 4.31. The number of H-pyrrole nitrogens is 2. The molecule has 22 heavy (non-hydrogen) atoms. The van der Waals surface area contributed by atoms with E-state index in [4.69, 9.17) is 0 Å². The Hall–Kier alpha value is -3.30. The number of nitrogens with zero attached hydrogens (tertiary/aromatic N) is 2. The lowest BCUT2D eigenvalue weighted by Crippen LogP contribution is -2.28. The molecule has 0 saturated heterocycles. The fourth-order valence-electron chi connectivity index (χ4n) is 1.69. The van der Waals surface area contributed by atoms with Crippen molar-refractivity contribution in [3.05, 3.63) is 60.9 Å². The molecule has 1 heterocycles. The molecular weight excluding hydrogens is 294 g/mol. The number of nitrogens with one attached hydrogen (secondary N) is 3. The number of non-ortho nitro benzene ring substituents is 1. The molecule has 0 fully saturated rings. The molecule has 0 aliphatic heterocycles. The second-order valence-corrected chi connectivity index (χ2v) is 4.31. The molecule has 0 radical (unpaired) electrons. The number of rotatable bonds is 5. The Kier molecular flexibility index (Phi) is 4.41. The van der Waals surface area contributed by atoms with Crippen molar-refractivity contribution < 1.29 is 9.72 Å². The Morgan fingerprint density at radius 2 is 2.14 bits per heavy atom. The maximum atomic E-state index is 11.8. The van der Waals surface area contributed by atoms with Crippen LogP contribution in [0.3, 0.4) is 0 Å². The third-order valence-corrected chi connectivity index (χ3v) is 2.71. The van der Waals surface area contributed by atoms with Crippen LogP contribution in [0.4, 0.5) is 11.4 Å². The van der Waals surface area contributed by atoms with Crippen molar-refractivity contribution in [3.63, 3.8) is 0 Å². The van der Waals surface area contributed by atoms with E-state index in [1.165, 1.54) is 24.3 Å². The first-order valence-corrected chi connectivity index (χ1v) is 6.18. The van der Waals surface area contributed by atoms with E-state index < -0.39 is 22.1 Å². The normalized spacial score (nSPS) is 10.2. The fourth-order valence-corrected chi connectivity index (χ4v) is 1.69. The standard InChI is InChI=1S/C12H11N5O5/c18-10(5-4-9-11(19)14-12(20)16-15-9)13-7-2-1-3-8(6-7)17(21)22/h1-3,6H,4-5H2,(H,13,18)(H2,14,16,19,20). The lowest BCUT2D eigenvalue weighted by Gasteiger charge is -2.04. The molecule has 1 aromatic carbocycles. The van der Waals surface area contributed by atoms with Gasteiger partial charge in [-0.25, -0.2) is 9.89 Å². The van der Waals surface area contributed by atoms with Gasteiger partial charge in [0.15, 0.2) is 0 Å². The predicted octanol–water partition coefficient (Wildman–Crippen LogP) is -0.0623. The molecule has 0 spiro atoms. The van der Waals surface area contributed by atoms with Crippen LogP contribution in [0.15, 0.2) is 33.9 Å². The Bertz CT molecular complexity index is 825. The van der Waals surface area contributed by atoms with Crippen LogP contribution in [0.5, 0.6) is 0 Å². The molecule has 0 unspecified atom stereocenters. The Morgan fingerprint density at radius 3 is 2.82 bits per heavy atom. The van der Waals surface area contributed by atoms with Gasteiger partial charge < -0.3 is 5.32 Å². The number of anilines is 1. The zero-order chi connectivity index (χ0) is 16.1. The van der Waals surface area contributed by atoms with Crippen LogP contribution in [-0.2, 0) is 11.2 Å². The molecule has 10 nitrogen and oxygen atoms in total. The number of carbonyl (C=O) groups excluding carboxylic acids is 1. The summed E-state index contributed by atoms with van der Waals surface area (Å²) < 4.78 is 0. The maximum Gasteiger partial charge on any atom is 0.342 e. The molecular formula is C12H11N5O5. The highest BCUT2D eigenvalue weighted by Crippen LogP contribution is 2.17. The first-order valence-electron chi connectivity index (χ1n) is 6.18. The van der Waals surface area contributed by atoms with E-state index in [9.17, 15) is 24.5 Å². The van der Waals surface area contributed by atoms with Gasteiger partial charge in [0.1, 0.15) is 5.69 Å². The van der Waals surface area contributed by atoms with Crippen molar-refractivity contribution in [1.29, 1.82) is 0 Å². The van der Waals surface area contributed by atoms with Gasteiger partial charge in [-0.2, -0.15) is 5.10 Å². The van der Waals surface area contributed by atoms with Crippen LogP contribution in [0.1, 0.15) is 12.1 Å². The monoisotopic (exact) mass is 305 g/mol. The van der Waals surface area contributed by atoms with Crippen LogP contribution in [-0.4, -0.2) is 26.0 Å². The average Bonchev–Trinajstić information content (AvgIpc) is 2.46. The summed E-state index contributed by atoms with van der Waals surface area (Å²) in [5, 5.41) is 18.7. The van der Waals surface area contributed by atoms with Crippen molar-refractivity contribution in [1.82, 2.24) is 15.2 Å². The van der Waals surface area contributed by atoms with Gasteiger partial charge in [-0.3, -0.25) is 24.7 Å². The van der Waals surface area contributed by atoms with E-state index in [2.05, 4.69) is 15.5 Å². The number of hydrogen-bond acceptors (Lipinski definition) is 6. The topological polar surface area (TPSA) is 151 Å². The van der Waals surface area contributed by atoms with Gasteiger partial charge in [0.2, 0.25) is 5.91 Å². The number of benzene rings is 1. The fraction of sp³-hybridized carbons (Fsp3) is 0.167. The number of carbonyl (C=O) groups is 1. The summed E-state index contributed by atoms with van der Waals surface area (Å²) in [6.45, 7) is 0. The van der Waals surface area contributed by atoms with Crippen molar-refractivity contribution in [2.45, 2.75) is 12.8 Å². The van der Waals surface area contributed by atoms with E-state index in [0.29, 0.717) is 0 Å². The number of nitro groups is 1. The molecule has 3 N–H and O–H groups in total. The quantitative estimate of drug-likeness (QED) is 0.520. The Balaban J connectivity index is 1.98. The summed E-state index contributed by atoms with van der Waals surface area (Å²) in [5.41, 5.74) is -1.23. The molecule has 2 rings (SSSR count). The molecule has 114 valence electrons. The van der Waals surface area contributed by atoms with Crippen LogP contribution in [0.2, 0.25) is 0 Å². The number of aryl methyl sites for hydroxylation is 1.